The van der Waals surface area contributed by atoms with Crippen molar-refractivity contribution in [2.45, 2.75) is 45.3 Å². The lowest BCUT2D eigenvalue weighted by atomic mass is 10.1. The van der Waals surface area contributed by atoms with E-state index in [1.54, 1.807) is 0 Å². The fourth-order valence-electron chi connectivity index (χ4n) is 2.31. The molecule has 0 radical (unpaired) electrons. The van der Waals surface area contributed by atoms with Gasteiger partial charge in [-0.25, -0.2) is 4.98 Å². The Morgan fingerprint density at radius 2 is 2.14 bits per heavy atom. The molecule has 0 saturated carbocycles. The van der Waals surface area contributed by atoms with E-state index in [0.717, 1.165) is 25.5 Å². The molecular formula is C16H27IN2OSi. The van der Waals surface area contributed by atoms with Crippen molar-refractivity contribution in [1.29, 1.82) is 0 Å². The Morgan fingerprint density at radius 3 is 2.76 bits per heavy atom. The maximum Gasteiger partial charge on any atom is 0.191 e. The van der Waals surface area contributed by atoms with Gasteiger partial charge >= 0.3 is 0 Å². The highest BCUT2D eigenvalue weighted by molar-refractivity contribution is 14.1. The van der Waals surface area contributed by atoms with E-state index in [1.807, 2.05) is 12.3 Å². The molecule has 0 spiro atoms. The number of pyridine rings is 1. The highest BCUT2D eigenvalue weighted by Gasteiger charge is 2.38. The van der Waals surface area contributed by atoms with Crippen molar-refractivity contribution in [1.82, 2.24) is 4.98 Å². The van der Waals surface area contributed by atoms with Crippen LogP contribution in [0.25, 0.3) is 0 Å². The van der Waals surface area contributed by atoms with Gasteiger partial charge < -0.3 is 9.33 Å². The third kappa shape index (κ3) is 4.19. The predicted octanol–water partition coefficient (Wildman–Crippen LogP) is 4.53. The molecule has 0 bridgehead atoms. The predicted molar refractivity (Wildman–Crippen MR) is 100 cm³/mol. The van der Waals surface area contributed by atoms with E-state index >= 15 is 0 Å². The summed E-state index contributed by atoms with van der Waals surface area (Å²) in [6.45, 7) is 14.6. The van der Waals surface area contributed by atoms with Crippen LogP contribution in [0.4, 0.5) is 5.82 Å². The van der Waals surface area contributed by atoms with Gasteiger partial charge in [0.1, 0.15) is 5.82 Å². The topological polar surface area (TPSA) is 25.4 Å². The molecule has 1 saturated heterocycles. The van der Waals surface area contributed by atoms with Crippen LogP contribution in [0, 0.1) is 9.49 Å². The lowest BCUT2D eigenvalue weighted by Crippen LogP contribution is -2.42. The molecule has 0 N–H and O–H groups in total. The second-order valence-corrected chi connectivity index (χ2v) is 13.5. The SMILES string of the molecule is CC(C)(C)[Si](C)(C)OC[C@H]1CCN(c2ncccc2I)C1. The quantitative estimate of drug-likeness (QED) is 0.531. The van der Waals surface area contributed by atoms with E-state index in [0.29, 0.717) is 11.0 Å². The Labute approximate surface area is 143 Å². The molecule has 3 nitrogen and oxygen atoms in total. The Kier molecular flexibility index (Phi) is 5.36. The smallest absolute Gasteiger partial charge is 0.191 e. The van der Waals surface area contributed by atoms with Gasteiger partial charge in [-0.2, -0.15) is 0 Å². The maximum atomic E-state index is 6.38. The van der Waals surface area contributed by atoms with Crippen LogP contribution in [0.5, 0.6) is 0 Å². The first kappa shape index (κ1) is 17.2. The van der Waals surface area contributed by atoms with Crippen LogP contribution < -0.4 is 4.90 Å². The third-order valence-corrected chi connectivity index (χ3v) is 10.2. The zero-order valence-electron chi connectivity index (χ0n) is 13.8. The highest BCUT2D eigenvalue weighted by Crippen LogP contribution is 2.37. The summed E-state index contributed by atoms with van der Waals surface area (Å²) in [7, 11) is -1.62. The van der Waals surface area contributed by atoms with Crippen LogP contribution in [0.1, 0.15) is 27.2 Å². The van der Waals surface area contributed by atoms with Crippen molar-refractivity contribution in [3.05, 3.63) is 21.9 Å². The summed E-state index contributed by atoms with van der Waals surface area (Å²) in [6.07, 6.45) is 3.10. The van der Waals surface area contributed by atoms with Crippen molar-refractivity contribution >= 4 is 36.7 Å². The standard InChI is InChI=1S/C16H27IN2OSi/c1-16(2,3)21(4,5)20-12-13-8-10-19(11-13)15-14(17)7-6-9-18-15/h6-7,9,13H,8,10-12H2,1-5H3/t13-/m0/s1. The van der Waals surface area contributed by atoms with E-state index in [-0.39, 0.29) is 0 Å². The van der Waals surface area contributed by atoms with Gasteiger partial charge in [-0.05, 0) is 59.3 Å². The fourth-order valence-corrected chi connectivity index (χ4v) is 4.09. The number of hydrogen-bond donors (Lipinski definition) is 0. The van der Waals surface area contributed by atoms with Gasteiger partial charge in [0.15, 0.2) is 8.32 Å². The van der Waals surface area contributed by atoms with Crippen molar-refractivity contribution in [3.63, 3.8) is 0 Å². The Balaban J connectivity index is 1.91. The molecular weight excluding hydrogens is 391 g/mol. The molecule has 2 rings (SSSR count). The van der Waals surface area contributed by atoms with Crippen molar-refractivity contribution in [3.8, 4) is 0 Å². The van der Waals surface area contributed by atoms with Gasteiger partial charge in [0, 0.05) is 31.8 Å². The Hall–Kier alpha value is -0.143. The Morgan fingerprint density at radius 1 is 1.43 bits per heavy atom. The first-order valence-electron chi connectivity index (χ1n) is 7.70. The van der Waals surface area contributed by atoms with Gasteiger partial charge in [-0.15, -0.1) is 0 Å². The minimum Gasteiger partial charge on any atom is -0.416 e. The van der Waals surface area contributed by atoms with Crippen LogP contribution in [-0.4, -0.2) is 33.0 Å². The number of nitrogens with zero attached hydrogens (tertiary/aromatic N) is 2. The molecule has 1 aliphatic rings. The molecule has 0 aliphatic carbocycles. The van der Waals surface area contributed by atoms with E-state index in [2.05, 4.69) is 72.4 Å². The molecule has 1 fully saturated rings. The average Bonchev–Trinajstić information content (AvgIpc) is 2.84. The van der Waals surface area contributed by atoms with Crippen molar-refractivity contribution in [2.75, 3.05) is 24.6 Å². The second-order valence-electron chi connectivity index (χ2n) is 7.48. The summed E-state index contributed by atoms with van der Waals surface area (Å²) in [5.41, 5.74) is 0. The second kappa shape index (κ2) is 6.54. The number of aromatic nitrogens is 1. The normalized spacial score (nSPS) is 20.1. The summed E-state index contributed by atoms with van der Waals surface area (Å²) in [5.74, 6) is 1.77. The largest absolute Gasteiger partial charge is 0.416 e. The molecule has 0 amide bonds. The minimum absolute atomic E-state index is 0.293. The third-order valence-electron chi connectivity index (χ3n) is 4.81. The monoisotopic (exact) mass is 418 g/mol. The molecule has 5 heteroatoms. The van der Waals surface area contributed by atoms with Crippen LogP contribution >= 0.6 is 22.6 Å². The van der Waals surface area contributed by atoms with Crippen LogP contribution in [-0.2, 0) is 4.43 Å². The van der Waals surface area contributed by atoms with Crippen molar-refractivity contribution < 1.29 is 4.43 Å². The van der Waals surface area contributed by atoms with E-state index in [1.165, 1.54) is 9.99 Å². The van der Waals surface area contributed by atoms with E-state index in [9.17, 15) is 0 Å². The molecule has 1 aromatic rings. The molecule has 0 unspecified atom stereocenters. The van der Waals surface area contributed by atoms with Crippen molar-refractivity contribution in [2.24, 2.45) is 5.92 Å². The van der Waals surface area contributed by atoms with Gasteiger partial charge in [0.05, 0.1) is 3.57 Å². The van der Waals surface area contributed by atoms with Crippen LogP contribution in [0.3, 0.4) is 0 Å². The lowest BCUT2D eigenvalue weighted by Gasteiger charge is -2.37. The molecule has 118 valence electrons. The molecule has 1 atom stereocenters. The average molecular weight is 418 g/mol. The Bertz CT molecular complexity index is 487. The van der Waals surface area contributed by atoms with Gasteiger partial charge in [0.2, 0.25) is 0 Å². The fraction of sp³-hybridized carbons (Fsp3) is 0.688. The molecule has 2 heterocycles. The summed E-state index contributed by atoms with van der Waals surface area (Å²) in [5, 5.41) is 0.293. The lowest BCUT2D eigenvalue weighted by molar-refractivity contribution is 0.238. The van der Waals surface area contributed by atoms with Crippen LogP contribution in [0.15, 0.2) is 18.3 Å². The molecule has 1 aromatic heterocycles. The minimum atomic E-state index is -1.62. The summed E-state index contributed by atoms with van der Waals surface area (Å²) in [6, 6.07) is 4.13. The van der Waals surface area contributed by atoms with Gasteiger partial charge in [-0.1, -0.05) is 20.8 Å². The molecule has 1 aliphatic heterocycles. The number of rotatable bonds is 4. The zero-order chi connectivity index (χ0) is 15.7. The maximum absolute atomic E-state index is 6.38. The first-order chi connectivity index (χ1) is 9.71. The molecule has 0 aromatic carbocycles. The first-order valence-corrected chi connectivity index (χ1v) is 11.7. The number of hydrogen-bond acceptors (Lipinski definition) is 3. The number of anilines is 1. The summed E-state index contributed by atoms with van der Waals surface area (Å²) in [4.78, 5) is 6.93. The van der Waals surface area contributed by atoms with Gasteiger partial charge in [0.25, 0.3) is 0 Å². The van der Waals surface area contributed by atoms with E-state index in [4.69, 9.17) is 4.43 Å². The number of halogens is 1. The summed E-state index contributed by atoms with van der Waals surface area (Å²) >= 11 is 2.37. The zero-order valence-corrected chi connectivity index (χ0v) is 17.0. The summed E-state index contributed by atoms with van der Waals surface area (Å²) < 4.78 is 7.62. The van der Waals surface area contributed by atoms with Gasteiger partial charge in [-0.3, -0.25) is 0 Å². The molecule has 21 heavy (non-hydrogen) atoms. The van der Waals surface area contributed by atoms with Crippen LogP contribution in [0.2, 0.25) is 18.1 Å². The highest BCUT2D eigenvalue weighted by atomic mass is 127. The van der Waals surface area contributed by atoms with E-state index < -0.39 is 8.32 Å².